The van der Waals surface area contributed by atoms with Crippen LogP contribution in [0.4, 0.5) is 8.78 Å². The van der Waals surface area contributed by atoms with Gasteiger partial charge in [-0.1, -0.05) is 0 Å². The van der Waals surface area contributed by atoms with E-state index in [-0.39, 0.29) is 17.6 Å². The second-order valence-electron chi connectivity index (χ2n) is 4.33. The first-order chi connectivity index (χ1) is 7.58. The van der Waals surface area contributed by atoms with E-state index >= 15 is 0 Å². The average Bonchev–Trinajstić information content (AvgIpc) is 2.67. The summed E-state index contributed by atoms with van der Waals surface area (Å²) >= 11 is 0. The maximum absolute atomic E-state index is 13.5. The molecule has 2 rings (SSSR count). The van der Waals surface area contributed by atoms with Crippen molar-refractivity contribution in [2.45, 2.75) is 25.5 Å². The number of nitrogens with two attached hydrogens (primary N) is 1. The maximum Gasteiger partial charge on any atom is 0.128 e. The van der Waals surface area contributed by atoms with Gasteiger partial charge in [0, 0.05) is 17.5 Å². The Labute approximate surface area is 93.4 Å². The average molecular weight is 227 g/mol. The highest BCUT2D eigenvalue weighted by atomic mass is 19.1. The number of hydrogen-bond acceptors (Lipinski definition) is 2. The summed E-state index contributed by atoms with van der Waals surface area (Å²) in [5, 5.41) is 0. The highest BCUT2D eigenvalue weighted by molar-refractivity contribution is 5.23. The molecule has 1 saturated heterocycles. The summed E-state index contributed by atoms with van der Waals surface area (Å²) in [6.45, 7) is 2.47. The van der Waals surface area contributed by atoms with Crippen molar-refractivity contribution in [2.75, 3.05) is 6.61 Å². The number of ether oxygens (including phenoxy) is 1. The molecule has 1 aromatic carbocycles. The van der Waals surface area contributed by atoms with Crippen LogP contribution in [-0.4, -0.2) is 12.7 Å². The highest BCUT2D eigenvalue weighted by Gasteiger charge is 2.29. The van der Waals surface area contributed by atoms with Crippen LogP contribution in [0.2, 0.25) is 0 Å². The summed E-state index contributed by atoms with van der Waals surface area (Å²) in [6, 6.07) is 2.88. The molecule has 0 aliphatic carbocycles. The van der Waals surface area contributed by atoms with Crippen molar-refractivity contribution >= 4 is 0 Å². The van der Waals surface area contributed by atoms with Gasteiger partial charge in [0.1, 0.15) is 11.6 Å². The molecule has 0 radical (unpaired) electrons. The molecule has 16 heavy (non-hydrogen) atoms. The van der Waals surface area contributed by atoms with Crippen LogP contribution < -0.4 is 5.73 Å². The molecule has 0 bridgehead atoms. The number of rotatable bonds is 2. The Balaban J connectivity index is 2.20. The molecule has 4 heteroatoms. The van der Waals surface area contributed by atoms with Crippen LogP contribution >= 0.6 is 0 Å². The predicted molar refractivity (Wildman–Crippen MR) is 56.8 cm³/mol. The van der Waals surface area contributed by atoms with Crippen molar-refractivity contribution in [2.24, 2.45) is 11.7 Å². The summed E-state index contributed by atoms with van der Waals surface area (Å²) in [4.78, 5) is 0. The van der Waals surface area contributed by atoms with Crippen LogP contribution in [0.15, 0.2) is 18.2 Å². The quantitative estimate of drug-likeness (QED) is 0.842. The van der Waals surface area contributed by atoms with Gasteiger partial charge in [-0.2, -0.15) is 0 Å². The molecule has 0 amide bonds. The van der Waals surface area contributed by atoms with E-state index in [1.54, 1.807) is 0 Å². The van der Waals surface area contributed by atoms with Crippen molar-refractivity contribution in [1.29, 1.82) is 0 Å². The molecule has 1 fully saturated rings. The second-order valence-corrected chi connectivity index (χ2v) is 4.33. The van der Waals surface area contributed by atoms with Gasteiger partial charge in [0.15, 0.2) is 0 Å². The molecule has 1 heterocycles. The van der Waals surface area contributed by atoms with Gasteiger partial charge in [-0.25, -0.2) is 8.78 Å². The normalized spacial score (nSPS) is 27.0. The summed E-state index contributed by atoms with van der Waals surface area (Å²) < 4.78 is 31.9. The lowest BCUT2D eigenvalue weighted by atomic mass is 9.91. The van der Waals surface area contributed by atoms with Gasteiger partial charge in [0.05, 0.1) is 12.7 Å². The first-order valence-electron chi connectivity index (χ1n) is 5.40. The number of halogens is 2. The lowest BCUT2D eigenvalue weighted by Gasteiger charge is -2.18. The van der Waals surface area contributed by atoms with E-state index in [1.165, 1.54) is 6.07 Å². The van der Waals surface area contributed by atoms with Gasteiger partial charge in [0.2, 0.25) is 0 Å². The molecular weight excluding hydrogens is 212 g/mol. The molecule has 1 aliphatic heterocycles. The van der Waals surface area contributed by atoms with Gasteiger partial charge >= 0.3 is 0 Å². The van der Waals surface area contributed by atoms with Crippen LogP contribution in [0.1, 0.15) is 24.9 Å². The van der Waals surface area contributed by atoms with Crippen LogP contribution in [-0.2, 0) is 4.74 Å². The summed E-state index contributed by atoms with van der Waals surface area (Å²) in [5.74, 6) is -0.849. The SMILES string of the molecule is CC1CC(C(N)c2cc(F)ccc2F)CO1. The van der Waals surface area contributed by atoms with Crippen molar-refractivity contribution < 1.29 is 13.5 Å². The van der Waals surface area contributed by atoms with Crippen LogP contribution in [0.5, 0.6) is 0 Å². The standard InChI is InChI=1S/C12H15F2NO/c1-7-4-8(6-16-7)12(15)10-5-9(13)2-3-11(10)14/h2-3,5,7-8,12H,4,6,15H2,1H3. The Morgan fingerprint density at radius 1 is 1.44 bits per heavy atom. The van der Waals surface area contributed by atoms with Gasteiger partial charge in [-0.15, -0.1) is 0 Å². The molecule has 3 unspecified atom stereocenters. The third-order valence-corrected chi connectivity index (χ3v) is 3.05. The minimum Gasteiger partial charge on any atom is -0.378 e. The molecule has 1 aromatic rings. The maximum atomic E-state index is 13.5. The Hall–Kier alpha value is -1.00. The lowest BCUT2D eigenvalue weighted by molar-refractivity contribution is 0.118. The van der Waals surface area contributed by atoms with Crippen LogP contribution in [0.3, 0.4) is 0 Å². The molecule has 2 nitrogen and oxygen atoms in total. The predicted octanol–water partition coefficient (Wildman–Crippen LogP) is 2.39. The molecule has 0 spiro atoms. The van der Waals surface area contributed by atoms with Crippen molar-refractivity contribution in [3.63, 3.8) is 0 Å². The Morgan fingerprint density at radius 3 is 2.81 bits per heavy atom. The smallest absolute Gasteiger partial charge is 0.128 e. The van der Waals surface area contributed by atoms with E-state index < -0.39 is 17.7 Å². The largest absolute Gasteiger partial charge is 0.378 e. The summed E-state index contributed by atoms with van der Waals surface area (Å²) in [6.07, 6.45) is 0.935. The van der Waals surface area contributed by atoms with Crippen LogP contribution in [0.25, 0.3) is 0 Å². The van der Waals surface area contributed by atoms with Crippen molar-refractivity contribution in [3.05, 3.63) is 35.4 Å². The summed E-state index contributed by atoms with van der Waals surface area (Å²) in [5.41, 5.74) is 6.18. The molecule has 88 valence electrons. The van der Waals surface area contributed by atoms with E-state index in [4.69, 9.17) is 10.5 Å². The fourth-order valence-electron chi connectivity index (χ4n) is 2.12. The van der Waals surface area contributed by atoms with E-state index in [2.05, 4.69) is 0 Å². The van der Waals surface area contributed by atoms with Gasteiger partial charge in [0.25, 0.3) is 0 Å². The Kier molecular flexibility index (Phi) is 3.21. The highest BCUT2D eigenvalue weighted by Crippen LogP contribution is 2.31. The summed E-state index contributed by atoms with van der Waals surface area (Å²) in [7, 11) is 0. The van der Waals surface area contributed by atoms with Gasteiger partial charge < -0.3 is 10.5 Å². The Bertz CT molecular complexity index is 383. The molecule has 3 atom stereocenters. The monoisotopic (exact) mass is 227 g/mol. The van der Waals surface area contributed by atoms with Crippen molar-refractivity contribution in [1.82, 2.24) is 0 Å². The molecule has 0 aromatic heterocycles. The van der Waals surface area contributed by atoms with E-state index in [1.807, 2.05) is 6.92 Å². The third kappa shape index (κ3) is 2.23. The Morgan fingerprint density at radius 2 is 2.19 bits per heavy atom. The molecular formula is C12H15F2NO. The number of benzene rings is 1. The molecule has 0 saturated carbocycles. The van der Waals surface area contributed by atoms with Crippen molar-refractivity contribution in [3.8, 4) is 0 Å². The minimum absolute atomic E-state index is 0.0614. The van der Waals surface area contributed by atoms with Crippen LogP contribution in [0, 0.1) is 17.6 Å². The zero-order valence-electron chi connectivity index (χ0n) is 9.12. The zero-order valence-corrected chi connectivity index (χ0v) is 9.12. The van der Waals surface area contributed by atoms with Gasteiger partial charge in [-0.3, -0.25) is 0 Å². The second kappa shape index (κ2) is 4.47. The molecule has 1 aliphatic rings. The zero-order chi connectivity index (χ0) is 11.7. The fourth-order valence-corrected chi connectivity index (χ4v) is 2.12. The number of hydrogen-bond donors (Lipinski definition) is 1. The topological polar surface area (TPSA) is 35.2 Å². The minimum atomic E-state index is -0.499. The van der Waals surface area contributed by atoms with E-state index in [9.17, 15) is 8.78 Å². The molecule has 2 N–H and O–H groups in total. The third-order valence-electron chi connectivity index (χ3n) is 3.05. The lowest BCUT2D eigenvalue weighted by Crippen LogP contribution is -2.23. The van der Waals surface area contributed by atoms with E-state index in [0.29, 0.717) is 6.61 Å². The first kappa shape index (κ1) is 11.5. The fraction of sp³-hybridized carbons (Fsp3) is 0.500. The van der Waals surface area contributed by atoms with E-state index in [0.717, 1.165) is 18.6 Å². The van der Waals surface area contributed by atoms with Gasteiger partial charge in [-0.05, 0) is 31.5 Å². The first-order valence-corrected chi connectivity index (χ1v) is 5.40.